The maximum absolute atomic E-state index is 13.1. The lowest BCUT2D eigenvalue weighted by molar-refractivity contribution is -0.146. The van der Waals surface area contributed by atoms with E-state index in [1.807, 2.05) is 10.9 Å². The minimum Gasteiger partial charge on any atom is -0.469 e. The van der Waals surface area contributed by atoms with E-state index in [2.05, 4.69) is 20.3 Å². The molecule has 1 amide bonds. The highest BCUT2D eigenvalue weighted by Crippen LogP contribution is 2.35. The van der Waals surface area contributed by atoms with Crippen molar-refractivity contribution < 1.29 is 19.1 Å². The third kappa shape index (κ3) is 4.28. The van der Waals surface area contributed by atoms with Gasteiger partial charge in [0.25, 0.3) is 5.91 Å². The Morgan fingerprint density at radius 1 is 1.18 bits per heavy atom. The maximum Gasteiger partial charge on any atom is 0.308 e. The summed E-state index contributed by atoms with van der Waals surface area (Å²) in [5.74, 6) is 0.249. The molecule has 11 heteroatoms. The summed E-state index contributed by atoms with van der Waals surface area (Å²) < 4.78 is 13.9. The van der Waals surface area contributed by atoms with E-state index < -0.39 is 0 Å². The number of carbonyl (C=O) groups is 2. The van der Waals surface area contributed by atoms with Crippen molar-refractivity contribution in [1.29, 1.82) is 0 Å². The third-order valence-corrected chi connectivity index (χ3v) is 6.40. The highest BCUT2D eigenvalue weighted by molar-refractivity contribution is 6.09. The minimum atomic E-state index is -0.285. The zero-order chi connectivity index (χ0) is 22.8. The van der Waals surface area contributed by atoms with Crippen molar-refractivity contribution in [1.82, 2.24) is 24.4 Å². The van der Waals surface area contributed by atoms with Gasteiger partial charge in [-0.05, 0) is 31.7 Å². The predicted octanol–water partition coefficient (Wildman–Crippen LogP) is 1.92. The molecule has 0 bridgehead atoms. The number of aromatic nitrogens is 5. The number of morpholine rings is 1. The summed E-state index contributed by atoms with van der Waals surface area (Å²) in [6.07, 6.45) is 9.98. The van der Waals surface area contributed by atoms with E-state index in [1.165, 1.54) is 13.3 Å². The number of amides is 1. The summed E-state index contributed by atoms with van der Waals surface area (Å²) in [6.45, 7) is 2.63. The zero-order valence-electron chi connectivity index (χ0n) is 18.5. The Labute approximate surface area is 190 Å². The molecule has 174 valence electrons. The number of nitrogens with zero attached hydrogens (tertiary/aromatic N) is 6. The molecule has 0 unspecified atom stereocenters. The van der Waals surface area contributed by atoms with Crippen LogP contribution in [0.5, 0.6) is 0 Å². The number of methoxy groups -OCH3 is 1. The highest BCUT2D eigenvalue weighted by atomic mass is 16.5. The monoisotopic (exact) mass is 453 g/mol. The van der Waals surface area contributed by atoms with Crippen molar-refractivity contribution >= 4 is 29.0 Å². The van der Waals surface area contributed by atoms with Crippen LogP contribution in [0.2, 0.25) is 0 Å². The quantitative estimate of drug-likeness (QED) is 0.583. The van der Waals surface area contributed by atoms with Crippen LogP contribution >= 0.6 is 0 Å². The smallest absolute Gasteiger partial charge is 0.308 e. The van der Waals surface area contributed by atoms with Gasteiger partial charge in [-0.3, -0.25) is 14.3 Å². The molecule has 0 radical (unpaired) electrons. The van der Waals surface area contributed by atoms with Crippen molar-refractivity contribution in [3.05, 3.63) is 36.4 Å². The molecule has 1 saturated heterocycles. The fourth-order valence-electron chi connectivity index (χ4n) is 4.59. The van der Waals surface area contributed by atoms with Crippen LogP contribution in [0.3, 0.4) is 0 Å². The van der Waals surface area contributed by atoms with Gasteiger partial charge in [0, 0.05) is 25.5 Å². The first-order valence-corrected chi connectivity index (χ1v) is 11.2. The Hall–Kier alpha value is -3.47. The maximum atomic E-state index is 13.1. The van der Waals surface area contributed by atoms with Crippen LogP contribution in [-0.4, -0.2) is 69.7 Å². The van der Waals surface area contributed by atoms with Crippen LogP contribution in [-0.2, 0) is 14.3 Å². The fourth-order valence-corrected chi connectivity index (χ4v) is 4.59. The van der Waals surface area contributed by atoms with Gasteiger partial charge in [0.05, 0.1) is 44.7 Å². The SMILES string of the molecule is COC(=O)C1CCC(n2cc(NC(=O)c3cnn4cccnc34)c(N3CCOCC3)n2)CC1. The highest BCUT2D eigenvalue weighted by Gasteiger charge is 2.30. The molecule has 1 N–H and O–H groups in total. The van der Waals surface area contributed by atoms with Gasteiger partial charge in [0.1, 0.15) is 11.3 Å². The molecule has 1 saturated carbocycles. The minimum absolute atomic E-state index is 0.0529. The standard InChI is InChI=1S/C22H27N7O4/c1-32-22(31)15-3-5-16(6-4-15)29-14-18(20(26-29)27-9-11-33-12-10-27)25-21(30)17-13-24-28-8-2-7-23-19(17)28/h2,7-8,13-16H,3-6,9-12H2,1H3,(H,25,30). The van der Waals surface area contributed by atoms with Crippen LogP contribution in [0.4, 0.5) is 11.5 Å². The molecule has 0 aromatic carbocycles. The Balaban J connectivity index is 1.39. The van der Waals surface area contributed by atoms with Gasteiger partial charge in [-0.15, -0.1) is 0 Å². The summed E-state index contributed by atoms with van der Waals surface area (Å²) in [4.78, 5) is 31.4. The van der Waals surface area contributed by atoms with Crippen molar-refractivity contribution in [2.24, 2.45) is 5.92 Å². The molecule has 0 atom stereocenters. The van der Waals surface area contributed by atoms with Crippen LogP contribution in [0.15, 0.2) is 30.9 Å². The van der Waals surface area contributed by atoms with Crippen molar-refractivity contribution in [3.63, 3.8) is 0 Å². The molecule has 2 fully saturated rings. The van der Waals surface area contributed by atoms with E-state index in [9.17, 15) is 9.59 Å². The average Bonchev–Trinajstić information content (AvgIpc) is 3.49. The summed E-state index contributed by atoms with van der Waals surface area (Å²) in [6, 6.07) is 1.92. The van der Waals surface area contributed by atoms with Crippen LogP contribution in [0, 0.1) is 5.92 Å². The summed E-state index contributed by atoms with van der Waals surface area (Å²) in [5, 5.41) is 12.1. The summed E-state index contributed by atoms with van der Waals surface area (Å²) in [7, 11) is 1.44. The number of hydrogen-bond acceptors (Lipinski definition) is 8. The Morgan fingerprint density at radius 2 is 1.97 bits per heavy atom. The molecule has 1 aliphatic heterocycles. The number of fused-ring (bicyclic) bond motifs is 1. The number of anilines is 2. The Kier molecular flexibility index (Phi) is 5.95. The molecular formula is C22H27N7O4. The second-order valence-corrected chi connectivity index (χ2v) is 8.37. The Bertz CT molecular complexity index is 1140. The number of rotatable bonds is 5. The molecule has 5 rings (SSSR count). The number of hydrogen-bond donors (Lipinski definition) is 1. The van der Waals surface area contributed by atoms with Crippen molar-refractivity contribution in [3.8, 4) is 0 Å². The van der Waals surface area contributed by atoms with Gasteiger partial charge >= 0.3 is 5.97 Å². The van der Waals surface area contributed by atoms with E-state index in [4.69, 9.17) is 14.6 Å². The zero-order valence-corrected chi connectivity index (χ0v) is 18.5. The lowest BCUT2D eigenvalue weighted by atomic mass is 9.86. The lowest BCUT2D eigenvalue weighted by Crippen LogP contribution is -2.37. The second-order valence-electron chi connectivity index (χ2n) is 8.37. The van der Waals surface area contributed by atoms with Crippen LogP contribution in [0.25, 0.3) is 5.65 Å². The van der Waals surface area contributed by atoms with Crippen LogP contribution < -0.4 is 10.2 Å². The van der Waals surface area contributed by atoms with Gasteiger partial charge in [-0.25, -0.2) is 9.50 Å². The fraction of sp³-hybridized carbons (Fsp3) is 0.500. The van der Waals surface area contributed by atoms with Gasteiger partial charge in [0.15, 0.2) is 11.5 Å². The first kappa shape index (κ1) is 21.4. The first-order valence-electron chi connectivity index (χ1n) is 11.2. The number of esters is 1. The van der Waals surface area contributed by atoms with Crippen LogP contribution in [0.1, 0.15) is 42.1 Å². The topological polar surface area (TPSA) is 116 Å². The lowest BCUT2D eigenvalue weighted by Gasteiger charge is -2.28. The molecule has 0 spiro atoms. The average molecular weight is 454 g/mol. The molecule has 1 aliphatic carbocycles. The van der Waals surface area contributed by atoms with E-state index in [0.29, 0.717) is 43.2 Å². The third-order valence-electron chi connectivity index (χ3n) is 6.40. The summed E-state index contributed by atoms with van der Waals surface area (Å²) in [5.41, 5.74) is 1.54. The van der Waals surface area contributed by atoms with E-state index in [0.717, 1.165) is 31.5 Å². The van der Waals surface area contributed by atoms with Gasteiger partial charge in [0.2, 0.25) is 0 Å². The Morgan fingerprint density at radius 3 is 2.73 bits per heavy atom. The van der Waals surface area contributed by atoms with E-state index >= 15 is 0 Å². The van der Waals surface area contributed by atoms with Gasteiger partial charge in [-0.2, -0.15) is 10.2 Å². The number of nitrogens with one attached hydrogen (secondary N) is 1. The number of ether oxygens (including phenoxy) is 2. The second kappa shape index (κ2) is 9.18. The number of carbonyl (C=O) groups excluding carboxylic acids is 2. The van der Waals surface area contributed by atoms with Gasteiger partial charge in [-0.1, -0.05) is 0 Å². The largest absolute Gasteiger partial charge is 0.469 e. The predicted molar refractivity (Wildman–Crippen MR) is 119 cm³/mol. The van der Waals surface area contributed by atoms with E-state index in [-0.39, 0.29) is 23.8 Å². The molecule has 3 aromatic rings. The molecule has 2 aliphatic rings. The molecule has 3 aromatic heterocycles. The van der Waals surface area contributed by atoms with E-state index in [1.54, 1.807) is 23.0 Å². The van der Waals surface area contributed by atoms with Crippen molar-refractivity contribution in [2.75, 3.05) is 43.6 Å². The molecule has 4 heterocycles. The normalized spacial score (nSPS) is 21.2. The molecular weight excluding hydrogens is 426 g/mol. The first-order chi connectivity index (χ1) is 16.1. The summed E-state index contributed by atoms with van der Waals surface area (Å²) >= 11 is 0. The van der Waals surface area contributed by atoms with Crippen molar-refractivity contribution in [2.45, 2.75) is 31.7 Å². The van der Waals surface area contributed by atoms with Gasteiger partial charge < -0.3 is 19.7 Å². The molecule has 33 heavy (non-hydrogen) atoms. The molecule has 11 nitrogen and oxygen atoms in total.